The number of hydrogen-bond acceptors (Lipinski definition) is 2. The normalized spacial score (nSPS) is 22.7. The van der Waals surface area contributed by atoms with Gasteiger partial charge >= 0.3 is 0 Å². The van der Waals surface area contributed by atoms with Crippen LogP contribution in [-0.2, 0) is 13.2 Å². The Morgan fingerprint density at radius 1 is 1.20 bits per heavy atom. The van der Waals surface area contributed by atoms with Crippen LogP contribution in [0.2, 0.25) is 0 Å². The van der Waals surface area contributed by atoms with Gasteiger partial charge in [-0.15, -0.1) is 0 Å². The van der Waals surface area contributed by atoms with Crippen LogP contribution in [-0.4, -0.2) is 23.1 Å². The first-order valence-corrected chi connectivity index (χ1v) is 5.71. The molecule has 1 N–H and O–H groups in total. The molecule has 1 aliphatic heterocycles. The summed E-state index contributed by atoms with van der Waals surface area (Å²) in [7, 11) is 0. The maximum absolute atomic E-state index is 9.05. The Morgan fingerprint density at radius 3 is 2.60 bits per heavy atom. The molecule has 1 heterocycles. The molecule has 0 unspecified atom stereocenters. The topological polar surface area (TPSA) is 23.5 Å². The highest BCUT2D eigenvalue weighted by molar-refractivity contribution is 5.23. The molecule has 3 rings (SSSR count). The Balaban J connectivity index is 1.61. The number of aliphatic hydroxyl groups is 1. The van der Waals surface area contributed by atoms with Crippen LogP contribution in [0.3, 0.4) is 0 Å². The van der Waals surface area contributed by atoms with Crippen LogP contribution in [0.5, 0.6) is 0 Å². The first kappa shape index (κ1) is 9.37. The van der Waals surface area contributed by atoms with E-state index in [1.54, 1.807) is 0 Å². The van der Waals surface area contributed by atoms with Crippen molar-refractivity contribution in [1.29, 1.82) is 0 Å². The fourth-order valence-corrected chi connectivity index (χ4v) is 2.59. The van der Waals surface area contributed by atoms with Gasteiger partial charge in [-0.2, -0.15) is 0 Å². The van der Waals surface area contributed by atoms with E-state index >= 15 is 0 Å². The maximum Gasteiger partial charge on any atom is 0.0681 e. The van der Waals surface area contributed by atoms with Crippen molar-refractivity contribution < 1.29 is 5.11 Å². The highest BCUT2D eigenvalue weighted by atomic mass is 16.3. The van der Waals surface area contributed by atoms with Crippen molar-refractivity contribution >= 4 is 0 Å². The van der Waals surface area contributed by atoms with E-state index in [9.17, 15) is 0 Å². The third kappa shape index (κ3) is 1.80. The maximum atomic E-state index is 9.05. The second kappa shape index (κ2) is 3.32. The first-order chi connectivity index (χ1) is 7.30. The van der Waals surface area contributed by atoms with E-state index in [-0.39, 0.29) is 6.61 Å². The molecule has 15 heavy (non-hydrogen) atoms. The number of benzene rings is 1. The fraction of sp³-hybridized carbons (Fsp3) is 0.538. The number of likely N-dealkylation sites (tertiary alicyclic amines) is 1. The van der Waals surface area contributed by atoms with Crippen molar-refractivity contribution in [2.24, 2.45) is 5.41 Å². The first-order valence-electron chi connectivity index (χ1n) is 5.71. The van der Waals surface area contributed by atoms with Crippen LogP contribution in [0, 0.1) is 5.41 Å². The van der Waals surface area contributed by atoms with Crippen molar-refractivity contribution in [2.45, 2.75) is 26.0 Å². The van der Waals surface area contributed by atoms with E-state index in [0.717, 1.165) is 17.5 Å². The van der Waals surface area contributed by atoms with Crippen molar-refractivity contribution in [3.63, 3.8) is 0 Å². The van der Waals surface area contributed by atoms with Crippen LogP contribution < -0.4 is 0 Å². The summed E-state index contributed by atoms with van der Waals surface area (Å²) < 4.78 is 0. The van der Waals surface area contributed by atoms with Gasteiger partial charge in [0.1, 0.15) is 0 Å². The minimum atomic E-state index is 0.151. The van der Waals surface area contributed by atoms with Gasteiger partial charge < -0.3 is 5.11 Å². The molecule has 0 aromatic heterocycles. The molecule has 0 radical (unpaired) electrons. The van der Waals surface area contributed by atoms with Crippen LogP contribution in [0.4, 0.5) is 0 Å². The van der Waals surface area contributed by atoms with E-state index in [4.69, 9.17) is 5.11 Å². The minimum absolute atomic E-state index is 0.151. The second-order valence-corrected chi connectivity index (χ2v) is 5.12. The molecule has 2 nitrogen and oxygen atoms in total. The third-order valence-corrected chi connectivity index (χ3v) is 3.66. The lowest BCUT2D eigenvalue weighted by Crippen LogP contribution is -2.47. The Morgan fingerprint density at radius 2 is 1.93 bits per heavy atom. The Labute approximate surface area is 90.5 Å². The van der Waals surface area contributed by atoms with Crippen molar-refractivity contribution in [3.8, 4) is 0 Å². The summed E-state index contributed by atoms with van der Waals surface area (Å²) in [5, 5.41) is 9.05. The number of aliphatic hydroxyl groups excluding tert-OH is 1. The average Bonchev–Trinajstić information content (AvgIpc) is 2.98. The van der Waals surface area contributed by atoms with Gasteiger partial charge in [0, 0.05) is 19.6 Å². The molecule has 1 aliphatic carbocycles. The van der Waals surface area contributed by atoms with Crippen LogP contribution >= 0.6 is 0 Å². The largest absolute Gasteiger partial charge is 0.392 e. The molecule has 1 aromatic carbocycles. The smallest absolute Gasteiger partial charge is 0.0681 e. The molecular formula is C13H17NO. The molecular weight excluding hydrogens is 186 g/mol. The van der Waals surface area contributed by atoms with Crippen LogP contribution in [0.15, 0.2) is 24.3 Å². The standard InChI is InChI=1S/C13H17NO/c15-8-12-3-1-2-11(6-12)7-14-9-13(10-14)4-5-13/h1-3,6,15H,4-5,7-10H2. The van der Waals surface area contributed by atoms with Gasteiger partial charge in [-0.1, -0.05) is 24.3 Å². The predicted octanol–water partition coefficient (Wildman–Crippen LogP) is 1.77. The number of hydrogen-bond donors (Lipinski definition) is 1. The highest BCUT2D eigenvalue weighted by Gasteiger charge is 2.51. The molecule has 2 fully saturated rings. The van der Waals surface area contributed by atoms with Gasteiger partial charge in [-0.05, 0) is 29.4 Å². The summed E-state index contributed by atoms with van der Waals surface area (Å²) in [6.07, 6.45) is 2.89. The molecule has 2 aliphatic rings. The van der Waals surface area contributed by atoms with Crippen LogP contribution in [0.25, 0.3) is 0 Å². The molecule has 80 valence electrons. The monoisotopic (exact) mass is 203 g/mol. The summed E-state index contributed by atoms with van der Waals surface area (Å²) in [6.45, 7) is 3.78. The zero-order valence-electron chi connectivity index (χ0n) is 8.95. The average molecular weight is 203 g/mol. The highest BCUT2D eigenvalue weighted by Crippen LogP contribution is 2.53. The lowest BCUT2D eigenvalue weighted by atomic mass is 9.96. The summed E-state index contributed by atoms with van der Waals surface area (Å²) in [4.78, 5) is 2.50. The van der Waals surface area contributed by atoms with Crippen LogP contribution in [0.1, 0.15) is 24.0 Å². The zero-order chi connectivity index (χ0) is 10.3. The predicted molar refractivity (Wildman–Crippen MR) is 59.3 cm³/mol. The molecule has 1 saturated carbocycles. The lowest BCUT2D eigenvalue weighted by molar-refractivity contribution is 0.0739. The van der Waals surface area contributed by atoms with Gasteiger partial charge in [0.25, 0.3) is 0 Å². The van der Waals surface area contributed by atoms with Gasteiger partial charge in [-0.25, -0.2) is 0 Å². The minimum Gasteiger partial charge on any atom is -0.392 e. The van der Waals surface area contributed by atoms with Gasteiger partial charge in [0.05, 0.1) is 6.61 Å². The SMILES string of the molecule is OCc1cccc(CN2CC3(CC3)C2)c1. The zero-order valence-corrected chi connectivity index (χ0v) is 8.95. The fourth-order valence-electron chi connectivity index (χ4n) is 2.59. The molecule has 1 aromatic rings. The summed E-state index contributed by atoms with van der Waals surface area (Å²) in [6, 6.07) is 8.27. The molecule has 1 spiro atoms. The number of rotatable bonds is 3. The summed E-state index contributed by atoms with van der Waals surface area (Å²) in [5.41, 5.74) is 3.10. The van der Waals surface area contributed by atoms with Crippen molar-refractivity contribution in [1.82, 2.24) is 4.90 Å². The molecule has 0 bridgehead atoms. The Bertz CT molecular complexity index is 363. The quantitative estimate of drug-likeness (QED) is 0.809. The van der Waals surface area contributed by atoms with E-state index < -0.39 is 0 Å². The molecule has 1 saturated heterocycles. The third-order valence-electron chi connectivity index (χ3n) is 3.66. The van der Waals surface area contributed by atoms with Gasteiger partial charge in [-0.3, -0.25) is 4.90 Å². The van der Waals surface area contributed by atoms with E-state index in [0.29, 0.717) is 0 Å². The summed E-state index contributed by atoms with van der Waals surface area (Å²) in [5.74, 6) is 0. The summed E-state index contributed by atoms with van der Waals surface area (Å²) >= 11 is 0. The Hall–Kier alpha value is -0.860. The van der Waals surface area contributed by atoms with E-state index in [2.05, 4.69) is 17.0 Å². The van der Waals surface area contributed by atoms with Crippen molar-refractivity contribution in [2.75, 3.05) is 13.1 Å². The Kier molecular flexibility index (Phi) is 2.08. The molecule has 0 amide bonds. The van der Waals surface area contributed by atoms with E-state index in [1.165, 1.54) is 31.5 Å². The molecule has 2 heteroatoms. The lowest BCUT2D eigenvalue weighted by Gasteiger charge is -2.40. The number of nitrogens with zero attached hydrogens (tertiary/aromatic N) is 1. The van der Waals surface area contributed by atoms with Crippen molar-refractivity contribution in [3.05, 3.63) is 35.4 Å². The van der Waals surface area contributed by atoms with Gasteiger partial charge in [0.15, 0.2) is 0 Å². The van der Waals surface area contributed by atoms with E-state index in [1.807, 2.05) is 12.1 Å². The second-order valence-electron chi connectivity index (χ2n) is 5.12. The molecule has 0 atom stereocenters. The van der Waals surface area contributed by atoms with Gasteiger partial charge in [0.2, 0.25) is 0 Å².